The van der Waals surface area contributed by atoms with Crippen LogP contribution in [0.1, 0.15) is 53.4 Å². The summed E-state index contributed by atoms with van der Waals surface area (Å²) in [6, 6.07) is 8.48. The molecular weight excluding hydrogens is 292 g/mol. The molecule has 0 amide bonds. The molecule has 0 aromatic carbocycles. The first-order valence-corrected chi connectivity index (χ1v) is 9.37. The molecule has 0 radical (unpaired) electrons. The Morgan fingerprint density at radius 3 is 1.21 bits per heavy atom. The summed E-state index contributed by atoms with van der Waals surface area (Å²) < 4.78 is 4.07. The van der Waals surface area contributed by atoms with Crippen molar-refractivity contribution in [1.29, 1.82) is 0 Å². The summed E-state index contributed by atoms with van der Waals surface area (Å²) in [5.74, 6) is 1.88. The fraction of sp³-hybridized carbons (Fsp3) is 0.545. The van der Waals surface area contributed by atoms with Crippen LogP contribution in [0.5, 0.6) is 0 Å². The minimum Gasteiger partial charge on any atom is -0.208 e. The van der Waals surface area contributed by atoms with Gasteiger partial charge in [0, 0.05) is 24.3 Å². The van der Waals surface area contributed by atoms with Gasteiger partial charge in [0.2, 0.25) is 0 Å². The molecule has 2 heteroatoms. The Balaban J connectivity index is 0.000000257. The SMILES string of the molecule is CCC(C)CCC(C)CC.C[n+]1ccc(-c2cc[n+](C)cc2)cc1. The average Bonchev–Trinajstić information content (AvgIpc) is 2.61. The van der Waals surface area contributed by atoms with Crippen molar-refractivity contribution in [1.82, 2.24) is 0 Å². The molecule has 0 N–H and O–H groups in total. The first kappa shape index (κ1) is 20.3. The molecule has 0 saturated heterocycles. The van der Waals surface area contributed by atoms with E-state index in [0.29, 0.717) is 0 Å². The zero-order chi connectivity index (χ0) is 17.9. The van der Waals surface area contributed by atoms with E-state index in [1.165, 1.54) is 36.8 Å². The summed E-state index contributed by atoms with van der Waals surface area (Å²) in [6.07, 6.45) is 13.8. The molecule has 2 nitrogen and oxygen atoms in total. The molecule has 0 aliphatic carbocycles. The molecular formula is C22H36N2+2. The predicted octanol–water partition coefficient (Wildman–Crippen LogP) is 4.86. The molecule has 2 aromatic heterocycles. The lowest BCUT2D eigenvalue weighted by molar-refractivity contribution is -0.671. The third-order valence-corrected chi connectivity index (χ3v) is 4.84. The molecule has 2 unspecified atom stereocenters. The molecule has 24 heavy (non-hydrogen) atoms. The van der Waals surface area contributed by atoms with Crippen LogP contribution in [0.25, 0.3) is 11.1 Å². The van der Waals surface area contributed by atoms with Gasteiger partial charge in [-0.2, -0.15) is 0 Å². The summed E-state index contributed by atoms with van der Waals surface area (Å²) in [4.78, 5) is 0. The average molecular weight is 329 g/mol. The predicted molar refractivity (Wildman–Crippen MR) is 102 cm³/mol. The number of pyridine rings is 2. The molecule has 2 atom stereocenters. The van der Waals surface area contributed by atoms with Crippen molar-refractivity contribution in [3.63, 3.8) is 0 Å². The van der Waals surface area contributed by atoms with Crippen molar-refractivity contribution < 1.29 is 9.13 Å². The highest BCUT2D eigenvalue weighted by atomic mass is 14.9. The Morgan fingerprint density at radius 2 is 0.958 bits per heavy atom. The quantitative estimate of drug-likeness (QED) is 0.669. The molecule has 0 saturated carbocycles. The van der Waals surface area contributed by atoms with Crippen LogP contribution in [0.15, 0.2) is 49.1 Å². The molecule has 0 aliphatic heterocycles. The second kappa shape index (κ2) is 11.0. The van der Waals surface area contributed by atoms with E-state index in [9.17, 15) is 0 Å². The van der Waals surface area contributed by atoms with Gasteiger partial charge >= 0.3 is 0 Å². The lowest BCUT2D eigenvalue weighted by atomic mass is 9.95. The maximum Gasteiger partial charge on any atom is 0.169 e. The van der Waals surface area contributed by atoms with Gasteiger partial charge < -0.3 is 0 Å². The fourth-order valence-corrected chi connectivity index (χ4v) is 2.36. The second-order valence-electron chi connectivity index (χ2n) is 7.11. The van der Waals surface area contributed by atoms with E-state index in [0.717, 1.165) is 11.8 Å². The summed E-state index contributed by atoms with van der Waals surface area (Å²) in [5, 5.41) is 0. The van der Waals surface area contributed by atoms with Crippen molar-refractivity contribution >= 4 is 0 Å². The number of rotatable bonds is 6. The van der Waals surface area contributed by atoms with Crippen LogP contribution in [0, 0.1) is 11.8 Å². The Kier molecular flexibility index (Phi) is 9.29. The van der Waals surface area contributed by atoms with Gasteiger partial charge in [-0.3, -0.25) is 0 Å². The third kappa shape index (κ3) is 7.72. The zero-order valence-corrected chi connectivity index (χ0v) is 16.5. The Labute approximate surface area is 149 Å². The van der Waals surface area contributed by atoms with Gasteiger partial charge in [-0.15, -0.1) is 0 Å². The topological polar surface area (TPSA) is 7.76 Å². The first-order valence-electron chi connectivity index (χ1n) is 9.37. The minimum atomic E-state index is 0.939. The molecule has 0 aliphatic rings. The summed E-state index contributed by atoms with van der Waals surface area (Å²) in [7, 11) is 4.05. The fourth-order valence-electron chi connectivity index (χ4n) is 2.36. The van der Waals surface area contributed by atoms with E-state index < -0.39 is 0 Å². The number of aryl methyl sites for hydroxylation is 2. The monoisotopic (exact) mass is 328 g/mol. The molecule has 0 fully saturated rings. The second-order valence-corrected chi connectivity index (χ2v) is 7.11. The Hall–Kier alpha value is -1.70. The highest BCUT2D eigenvalue weighted by Gasteiger charge is 2.02. The largest absolute Gasteiger partial charge is 0.208 e. The van der Waals surface area contributed by atoms with Crippen molar-refractivity contribution in [3.8, 4) is 11.1 Å². The Bertz CT molecular complexity index is 504. The van der Waals surface area contributed by atoms with Crippen molar-refractivity contribution in [2.75, 3.05) is 0 Å². The highest BCUT2D eigenvalue weighted by Crippen LogP contribution is 2.16. The molecule has 0 bridgehead atoms. The smallest absolute Gasteiger partial charge is 0.169 e. The highest BCUT2D eigenvalue weighted by molar-refractivity contribution is 5.60. The van der Waals surface area contributed by atoms with Gasteiger partial charge in [0.1, 0.15) is 14.1 Å². The van der Waals surface area contributed by atoms with Crippen molar-refractivity contribution in [2.24, 2.45) is 25.9 Å². The standard InChI is InChI=1S/C12H14N2.C10H22/c1-13-7-3-11(4-8-13)12-5-9-14(2)10-6-12;1-5-9(3)7-8-10(4)6-2/h3-10H,1-2H3;9-10H,5-8H2,1-4H3/q+2;. The van der Waals surface area contributed by atoms with E-state index in [1.54, 1.807) is 0 Å². The van der Waals surface area contributed by atoms with E-state index >= 15 is 0 Å². The number of hydrogen-bond donors (Lipinski definition) is 0. The van der Waals surface area contributed by atoms with Crippen LogP contribution in [-0.2, 0) is 14.1 Å². The van der Waals surface area contributed by atoms with Crippen LogP contribution in [0.3, 0.4) is 0 Å². The molecule has 2 rings (SSSR count). The van der Waals surface area contributed by atoms with E-state index in [4.69, 9.17) is 0 Å². The maximum absolute atomic E-state index is 2.35. The van der Waals surface area contributed by atoms with Gasteiger partial charge in [-0.25, -0.2) is 9.13 Å². The van der Waals surface area contributed by atoms with Gasteiger partial charge in [-0.1, -0.05) is 53.4 Å². The molecule has 132 valence electrons. The lowest BCUT2D eigenvalue weighted by Crippen LogP contribution is -2.26. The van der Waals surface area contributed by atoms with E-state index in [1.807, 2.05) is 23.2 Å². The zero-order valence-electron chi connectivity index (χ0n) is 16.5. The number of hydrogen-bond acceptors (Lipinski definition) is 0. The minimum absolute atomic E-state index is 0.939. The van der Waals surface area contributed by atoms with Crippen LogP contribution >= 0.6 is 0 Å². The third-order valence-electron chi connectivity index (χ3n) is 4.84. The van der Waals surface area contributed by atoms with Gasteiger partial charge in [0.05, 0.1) is 0 Å². The maximum atomic E-state index is 2.35. The number of aromatic nitrogens is 2. The van der Waals surface area contributed by atoms with E-state index in [2.05, 4.69) is 76.7 Å². The van der Waals surface area contributed by atoms with E-state index in [-0.39, 0.29) is 0 Å². The number of nitrogens with zero attached hydrogens (tertiary/aromatic N) is 2. The van der Waals surface area contributed by atoms with Crippen LogP contribution in [-0.4, -0.2) is 0 Å². The van der Waals surface area contributed by atoms with Crippen LogP contribution in [0.4, 0.5) is 0 Å². The van der Waals surface area contributed by atoms with Gasteiger partial charge in [-0.05, 0) is 23.0 Å². The van der Waals surface area contributed by atoms with Gasteiger partial charge in [0.25, 0.3) is 0 Å². The summed E-state index contributed by atoms with van der Waals surface area (Å²) >= 11 is 0. The lowest BCUT2D eigenvalue weighted by Gasteiger charge is -2.11. The van der Waals surface area contributed by atoms with Gasteiger partial charge in [0.15, 0.2) is 24.8 Å². The first-order chi connectivity index (χ1) is 11.5. The van der Waals surface area contributed by atoms with Crippen molar-refractivity contribution in [3.05, 3.63) is 49.1 Å². The molecule has 2 aromatic rings. The normalized spacial score (nSPS) is 12.9. The Morgan fingerprint density at radius 1 is 0.667 bits per heavy atom. The summed E-state index contributed by atoms with van der Waals surface area (Å²) in [6.45, 7) is 9.26. The van der Waals surface area contributed by atoms with Crippen LogP contribution < -0.4 is 9.13 Å². The van der Waals surface area contributed by atoms with Crippen molar-refractivity contribution in [2.45, 2.75) is 53.4 Å². The van der Waals surface area contributed by atoms with Crippen LogP contribution in [0.2, 0.25) is 0 Å². The molecule has 0 spiro atoms. The summed E-state index contributed by atoms with van der Waals surface area (Å²) in [5.41, 5.74) is 2.51. The molecule has 2 heterocycles.